The van der Waals surface area contributed by atoms with Crippen molar-refractivity contribution in [2.45, 2.75) is 0 Å². The lowest BCUT2D eigenvalue weighted by Crippen LogP contribution is -2.39. The fraction of sp³-hybridized carbons (Fsp3) is 0.455. The van der Waals surface area contributed by atoms with Crippen LogP contribution in [0, 0.1) is 0 Å². The molecule has 2 aromatic heterocycles. The first-order chi connectivity index (χ1) is 9.76. The van der Waals surface area contributed by atoms with Gasteiger partial charge in [0.1, 0.15) is 6.33 Å². The highest BCUT2D eigenvalue weighted by Crippen LogP contribution is 2.15. The number of rotatable bonds is 3. The monoisotopic (exact) mass is 293 g/mol. The summed E-state index contributed by atoms with van der Waals surface area (Å²) in [4.78, 5) is 19.2. The predicted molar refractivity (Wildman–Crippen MR) is 76.6 cm³/mol. The molecule has 1 aliphatic heterocycles. The van der Waals surface area contributed by atoms with Gasteiger partial charge in [-0.3, -0.25) is 8.78 Å². The normalized spacial score (nSPS) is 16.4. The average Bonchev–Trinajstić information content (AvgIpc) is 3.02. The predicted octanol–water partition coefficient (Wildman–Crippen LogP) is -0.332. The first kappa shape index (κ1) is 13.0. The van der Waals surface area contributed by atoms with Crippen LogP contribution >= 0.6 is 0 Å². The van der Waals surface area contributed by atoms with Crippen LogP contribution in [0.5, 0.6) is 0 Å². The first-order valence-corrected chi connectivity index (χ1v) is 7.77. The van der Waals surface area contributed by atoms with Crippen LogP contribution in [0.1, 0.15) is 0 Å². The van der Waals surface area contributed by atoms with Crippen molar-refractivity contribution < 1.29 is 4.21 Å². The zero-order chi connectivity index (χ0) is 13.9. The zero-order valence-electron chi connectivity index (χ0n) is 11.1. The van der Waals surface area contributed by atoms with Crippen molar-refractivity contribution in [2.24, 2.45) is 0 Å². The van der Waals surface area contributed by atoms with E-state index in [1.807, 2.05) is 4.90 Å². The maximum absolute atomic E-state index is 11.4. The number of nitrogens with zero attached hydrogens (tertiary/aromatic N) is 6. The molecular weight excluding hydrogens is 278 g/mol. The first-order valence-electron chi connectivity index (χ1n) is 6.28. The van der Waals surface area contributed by atoms with Crippen LogP contribution in [0.3, 0.4) is 0 Å². The summed E-state index contributed by atoms with van der Waals surface area (Å²) in [6, 6.07) is 0. The van der Waals surface area contributed by atoms with E-state index >= 15 is 0 Å². The molecule has 3 heterocycles. The molecule has 1 saturated heterocycles. The Hall–Kier alpha value is -2.03. The molecule has 1 N–H and O–H groups in total. The second kappa shape index (κ2) is 5.53. The van der Waals surface area contributed by atoms with Crippen molar-refractivity contribution in [1.82, 2.24) is 24.5 Å². The second-order valence-corrected chi connectivity index (χ2v) is 6.01. The van der Waals surface area contributed by atoms with Gasteiger partial charge in [-0.05, 0) is 0 Å². The Kier molecular flexibility index (Phi) is 3.59. The maximum Gasteiger partial charge on any atom is 0.241 e. The molecule has 0 saturated carbocycles. The highest BCUT2D eigenvalue weighted by Gasteiger charge is 2.19. The molecule has 0 spiro atoms. The Morgan fingerprint density at radius 2 is 1.95 bits per heavy atom. The molecule has 8 nitrogen and oxygen atoms in total. The lowest BCUT2D eigenvalue weighted by Gasteiger charge is -2.26. The summed E-state index contributed by atoms with van der Waals surface area (Å²) >= 11 is 0. The van der Waals surface area contributed by atoms with E-state index < -0.39 is 10.8 Å². The number of anilines is 2. The highest BCUT2D eigenvalue weighted by molar-refractivity contribution is 7.85. The minimum Gasteiger partial charge on any atom is -0.357 e. The van der Waals surface area contributed by atoms with E-state index in [0.29, 0.717) is 42.4 Å². The third-order valence-electron chi connectivity index (χ3n) is 3.03. The highest BCUT2D eigenvalue weighted by atomic mass is 32.2. The number of imidazole rings is 1. The van der Waals surface area contributed by atoms with Crippen LogP contribution in [-0.4, -0.2) is 60.4 Å². The topological polar surface area (TPSA) is 88.8 Å². The summed E-state index contributed by atoms with van der Waals surface area (Å²) in [7, 11) is 1.05. The molecular formula is C11H15N7OS. The molecule has 3 rings (SSSR count). The smallest absolute Gasteiger partial charge is 0.241 e. The molecule has 0 amide bonds. The fourth-order valence-corrected chi connectivity index (χ4v) is 2.99. The quantitative estimate of drug-likeness (QED) is 0.828. The molecule has 1 fully saturated rings. The average molecular weight is 293 g/mol. The van der Waals surface area contributed by atoms with Gasteiger partial charge in [0, 0.05) is 54.8 Å². The largest absolute Gasteiger partial charge is 0.357 e. The Balaban J connectivity index is 1.94. The van der Waals surface area contributed by atoms with Crippen LogP contribution in [0.15, 0.2) is 18.7 Å². The van der Waals surface area contributed by atoms with Crippen LogP contribution in [-0.2, 0) is 10.8 Å². The zero-order valence-corrected chi connectivity index (χ0v) is 11.9. The molecule has 20 heavy (non-hydrogen) atoms. The molecule has 9 heteroatoms. The standard InChI is InChI=1S/C11H15N7OS/c1-12-9-14-10(17-4-6-20(19)7-5-17)16-11(15-9)18-3-2-13-8-18/h2-3,8H,4-7H2,1H3,(H,12,14,15,16). The number of hydrogen-bond donors (Lipinski definition) is 1. The summed E-state index contributed by atoms with van der Waals surface area (Å²) in [6.07, 6.45) is 5.10. The van der Waals surface area contributed by atoms with E-state index in [1.54, 1.807) is 30.3 Å². The molecule has 0 aromatic carbocycles. The van der Waals surface area contributed by atoms with Crippen molar-refractivity contribution in [1.29, 1.82) is 0 Å². The fourth-order valence-electron chi connectivity index (χ4n) is 1.94. The molecule has 1 aliphatic rings. The molecule has 106 valence electrons. The van der Waals surface area contributed by atoms with Crippen molar-refractivity contribution in [3.8, 4) is 5.95 Å². The Morgan fingerprint density at radius 1 is 1.20 bits per heavy atom. The van der Waals surface area contributed by atoms with E-state index in [1.165, 1.54) is 0 Å². The van der Waals surface area contributed by atoms with Gasteiger partial charge in [-0.25, -0.2) is 4.98 Å². The third kappa shape index (κ3) is 2.62. The third-order valence-corrected chi connectivity index (χ3v) is 4.31. The van der Waals surface area contributed by atoms with Crippen LogP contribution in [0.4, 0.5) is 11.9 Å². The van der Waals surface area contributed by atoms with E-state index in [4.69, 9.17) is 0 Å². The minimum absolute atomic E-state index is 0.505. The van der Waals surface area contributed by atoms with Crippen molar-refractivity contribution >= 4 is 22.7 Å². The number of nitrogens with one attached hydrogen (secondary N) is 1. The molecule has 0 bridgehead atoms. The molecule has 0 radical (unpaired) electrons. The lowest BCUT2D eigenvalue weighted by molar-refractivity contribution is 0.670. The van der Waals surface area contributed by atoms with Crippen molar-refractivity contribution in [3.63, 3.8) is 0 Å². The summed E-state index contributed by atoms with van der Waals surface area (Å²) in [5.74, 6) is 2.93. The van der Waals surface area contributed by atoms with Crippen LogP contribution < -0.4 is 10.2 Å². The summed E-state index contributed by atoms with van der Waals surface area (Å²) in [6.45, 7) is 1.40. The molecule has 0 unspecified atom stereocenters. The van der Waals surface area contributed by atoms with E-state index in [0.717, 1.165) is 0 Å². The second-order valence-electron chi connectivity index (χ2n) is 4.31. The Bertz CT molecular complexity index is 605. The maximum atomic E-state index is 11.4. The van der Waals surface area contributed by atoms with E-state index in [2.05, 4.69) is 25.3 Å². The van der Waals surface area contributed by atoms with Crippen LogP contribution in [0.2, 0.25) is 0 Å². The number of aromatic nitrogens is 5. The van der Waals surface area contributed by atoms with Crippen molar-refractivity contribution in [3.05, 3.63) is 18.7 Å². The van der Waals surface area contributed by atoms with Gasteiger partial charge in [-0.2, -0.15) is 15.0 Å². The van der Waals surface area contributed by atoms with Gasteiger partial charge in [-0.1, -0.05) is 0 Å². The van der Waals surface area contributed by atoms with E-state index in [-0.39, 0.29) is 0 Å². The summed E-state index contributed by atoms with van der Waals surface area (Å²) < 4.78 is 13.2. The van der Waals surface area contributed by atoms with Gasteiger partial charge in [0.2, 0.25) is 17.8 Å². The Morgan fingerprint density at radius 3 is 2.60 bits per heavy atom. The van der Waals surface area contributed by atoms with Gasteiger partial charge in [0.05, 0.1) is 0 Å². The minimum atomic E-state index is -0.720. The van der Waals surface area contributed by atoms with Gasteiger partial charge >= 0.3 is 0 Å². The number of hydrogen-bond acceptors (Lipinski definition) is 7. The van der Waals surface area contributed by atoms with Gasteiger partial charge in [0.25, 0.3) is 0 Å². The van der Waals surface area contributed by atoms with Crippen LogP contribution in [0.25, 0.3) is 5.95 Å². The van der Waals surface area contributed by atoms with Gasteiger partial charge in [0.15, 0.2) is 0 Å². The lowest BCUT2D eigenvalue weighted by atomic mass is 10.5. The van der Waals surface area contributed by atoms with Gasteiger partial charge in [-0.15, -0.1) is 0 Å². The Labute approximate surface area is 118 Å². The van der Waals surface area contributed by atoms with E-state index in [9.17, 15) is 4.21 Å². The SMILES string of the molecule is CNc1nc(N2CCS(=O)CC2)nc(-n2ccnc2)n1. The molecule has 0 atom stereocenters. The summed E-state index contributed by atoms with van der Waals surface area (Å²) in [5.41, 5.74) is 0. The molecule has 0 aliphatic carbocycles. The van der Waals surface area contributed by atoms with Gasteiger partial charge < -0.3 is 10.2 Å². The summed E-state index contributed by atoms with van der Waals surface area (Å²) in [5, 5.41) is 2.93. The molecule has 2 aromatic rings. The van der Waals surface area contributed by atoms with Crippen molar-refractivity contribution in [2.75, 3.05) is 41.9 Å².